The summed E-state index contributed by atoms with van der Waals surface area (Å²) < 4.78 is 23.9. The van der Waals surface area contributed by atoms with E-state index >= 15 is 0 Å². The molecule has 100 valence electrons. The lowest BCUT2D eigenvalue weighted by molar-refractivity contribution is 0.210. The molecule has 2 N–H and O–H groups in total. The second kappa shape index (κ2) is 5.17. The van der Waals surface area contributed by atoms with E-state index in [1.807, 2.05) is 0 Å². The minimum atomic E-state index is -0.313. The van der Waals surface area contributed by atoms with Crippen molar-refractivity contribution >= 4 is 17.2 Å². The summed E-state index contributed by atoms with van der Waals surface area (Å²) >= 11 is 1.25. The van der Waals surface area contributed by atoms with Crippen molar-refractivity contribution in [2.24, 2.45) is 0 Å². The third-order valence-corrected chi connectivity index (χ3v) is 4.18. The smallest absolute Gasteiger partial charge is 0.145 e. The lowest BCUT2D eigenvalue weighted by Gasteiger charge is -2.15. The number of hydrogen-bond donors (Lipinski definition) is 1. The molecule has 0 atom stereocenters. The topological polar surface area (TPSA) is 48.1 Å². The van der Waals surface area contributed by atoms with Crippen LogP contribution in [0.15, 0.2) is 24.4 Å². The first-order chi connectivity index (χ1) is 9.24. The van der Waals surface area contributed by atoms with Crippen LogP contribution in [0.2, 0.25) is 0 Å². The monoisotopic (exact) mass is 278 g/mol. The Morgan fingerprint density at radius 2 is 2.11 bits per heavy atom. The van der Waals surface area contributed by atoms with Crippen molar-refractivity contribution in [1.82, 2.24) is 4.37 Å². The van der Waals surface area contributed by atoms with Crippen molar-refractivity contribution < 1.29 is 9.13 Å². The second-order valence-corrected chi connectivity index (χ2v) is 5.60. The molecule has 1 aromatic heterocycles. The fraction of sp³-hybridized carbons (Fsp3) is 0.357. The molecular formula is C14H15FN2OS. The number of nitrogen functional groups attached to an aromatic ring is 1. The molecular weight excluding hydrogens is 263 g/mol. The Balaban J connectivity index is 1.89. The van der Waals surface area contributed by atoms with Crippen LogP contribution < -0.4 is 10.5 Å². The maximum atomic E-state index is 14.1. The van der Waals surface area contributed by atoms with Gasteiger partial charge in [0, 0.05) is 17.8 Å². The maximum Gasteiger partial charge on any atom is 0.145 e. The van der Waals surface area contributed by atoms with Crippen molar-refractivity contribution in [3.63, 3.8) is 0 Å². The Hall–Kier alpha value is -1.62. The first-order valence-electron chi connectivity index (χ1n) is 6.41. The van der Waals surface area contributed by atoms with Gasteiger partial charge in [-0.05, 0) is 49.3 Å². The van der Waals surface area contributed by atoms with Gasteiger partial charge in [-0.25, -0.2) is 8.76 Å². The van der Waals surface area contributed by atoms with Gasteiger partial charge in [-0.1, -0.05) is 0 Å². The second-order valence-electron chi connectivity index (χ2n) is 4.77. The number of hydrogen-bond acceptors (Lipinski definition) is 4. The summed E-state index contributed by atoms with van der Waals surface area (Å²) in [4.78, 5) is 0.775. The predicted molar refractivity (Wildman–Crippen MR) is 74.8 cm³/mol. The summed E-state index contributed by atoms with van der Waals surface area (Å²) in [7, 11) is 0. The lowest BCUT2D eigenvalue weighted by atomic mass is 10.1. The standard InChI is InChI=1S/C14H15FN2OS/c15-11-8-13(18-9-3-1-2-4-9)12(16)7-10(11)14-5-6-17-19-14/h5-9H,1-4,16H2. The van der Waals surface area contributed by atoms with Gasteiger partial charge in [0.2, 0.25) is 0 Å². The van der Waals surface area contributed by atoms with Gasteiger partial charge in [0.1, 0.15) is 11.6 Å². The van der Waals surface area contributed by atoms with Crippen LogP contribution in [0.4, 0.5) is 10.1 Å². The number of nitrogens with zero attached hydrogens (tertiary/aromatic N) is 1. The molecule has 1 aromatic carbocycles. The van der Waals surface area contributed by atoms with Crippen LogP contribution in [-0.2, 0) is 0 Å². The highest BCUT2D eigenvalue weighted by Gasteiger charge is 2.19. The minimum Gasteiger partial charge on any atom is -0.488 e. The number of nitrogens with two attached hydrogens (primary N) is 1. The lowest BCUT2D eigenvalue weighted by Crippen LogP contribution is -2.12. The Bertz CT molecular complexity index is 565. The molecule has 3 nitrogen and oxygen atoms in total. The quantitative estimate of drug-likeness (QED) is 0.867. The molecule has 1 saturated carbocycles. The molecule has 2 aromatic rings. The molecule has 1 heterocycles. The summed E-state index contributed by atoms with van der Waals surface area (Å²) in [5.41, 5.74) is 6.94. The fourth-order valence-electron chi connectivity index (χ4n) is 2.40. The van der Waals surface area contributed by atoms with Crippen LogP contribution in [-0.4, -0.2) is 10.5 Å². The van der Waals surface area contributed by atoms with Gasteiger partial charge in [0.25, 0.3) is 0 Å². The van der Waals surface area contributed by atoms with Gasteiger partial charge in [0.05, 0.1) is 16.7 Å². The van der Waals surface area contributed by atoms with E-state index < -0.39 is 0 Å². The van der Waals surface area contributed by atoms with Crippen LogP contribution in [0.25, 0.3) is 10.4 Å². The average molecular weight is 278 g/mol. The number of aromatic nitrogens is 1. The summed E-state index contributed by atoms with van der Waals surface area (Å²) in [5, 5.41) is 0. The highest BCUT2D eigenvalue weighted by atomic mass is 32.1. The van der Waals surface area contributed by atoms with E-state index in [0.29, 0.717) is 17.0 Å². The molecule has 0 amide bonds. The molecule has 0 saturated heterocycles. The Labute approximate surface area is 115 Å². The summed E-state index contributed by atoms with van der Waals surface area (Å²) in [6, 6.07) is 4.80. The predicted octanol–water partition coefficient (Wildman–Crippen LogP) is 3.85. The summed E-state index contributed by atoms with van der Waals surface area (Å²) in [5.74, 6) is 0.143. The summed E-state index contributed by atoms with van der Waals surface area (Å²) in [6.07, 6.45) is 6.22. The molecule has 0 spiro atoms. The normalized spacial score (nSPS) is 15.8. The molecule has 5 heteroatoms. The van der Waals surface area contributed by atoms with Gasteiger partial charge in [-0.15, -0.1) is 0 Å². The molecule has 3 rings (SSSR count). The van der Waals surface area contributed by atoms with Crippen LogP contribution in [0, 0.1) is 5.82 Å². The van der Waals surface area contributed by atoms with E-state index in [9.17, 15) is 4.39 Å². The zero-order valence-electron chi connectivity index (χ0n) is 10.4. The molecule has 0 aliphatic heterocycles. The van der Waals surface area contributed by atoms with Gasteiger partial charge < -0.3 is 10.5 Å². The van der Waals surface area contributed by atoms with E-state index in [4.69, 9.17) is 10.5 Å². The van der Waals surface area contributed by atoms with Gasteiger partial charge in [-0.3, -0.25) is 0 Å². The van der Waals surface area contributed by atoms with Crippen LogP contribution in [0.3, 0.4) is 0 Å². The third kappa shape index (κ3) is 2.56. The number of ether oxygens (including phenoxy) is 1. The van der Waals surface area contributed by atoms with E-state index in [1.165, 1.54) is 30.4 Å². The molecule has 1 aliphatic carbocycles. The number of halogens is 1. The van der Waals surface area contributed by atoms with Gasteiger partial charge >= 0.3 is 0 Å². The third-order valence-electron chi connectivity index (χ3n) is 3.40. The van der Waals surface area contributed by atoms with E-state index in [2.05, 4.69) is 4.37 Å². The van der Waals surface area contributed by atoms with E-state index in [1.54, 1.807) is 18.3 Å². The van der Waals surface area contributed by atoms with Crippen molar-refractivity contribution in [2.45, 2.75) is 31.8 Å². The van der Waals surface area contributed by atoms with Crippen molar-refractivity contribution in [3.05, 3.63) is 30.2 Å². The Morgan fingerprint density at radius 1 is 1.32 bits per heavy atom. The molecule has 19 heavy (non-hydrogen) atoms. The average Bonchev–Trinajstić information content (AvgIpc) is 3.06. The fourth-order valence-corrected chi connectivity index (χ4v) is 3.01. The molecule has 1 aliphatic rings. The largest absolute Gasteiger partial charge is 0.488 e. The Kier molecular flexibility index (Phi) is 3.38. The first-order valence-corrected chi connectivity index (χ1v) is 7.18. The SMILES string of the molecule is Nc1cc(-c2ccns2)c(F)cc1OC1CCCC1. The highest BCUT2D eigenvalue weighted by Crippen LogP contribution is 2.35. The van der Waals surface area contributed by atoms with Gasteiger partial charge in [0.15, 0.2) is 0 Å². The zero-order chi connectivity index (χ0) is 13.2. The van der Waals surface area contributed by atoms with Crippen LogP contribution in [0.1, 0.15) is 25.7 Å². The van der Waals surface area contributed by atoms with Crippen molar-refractivity contribution in [2.75, 3.05) is 5.73 Å². The number of rotatable bonds is 3. The van der Waals surface area contributed by atoms with Crippen LogP contribution in [0.5, 0.6) is 5.75 Å². The molecule has 1 fully saturated rings. The van der Waals surface area contributed by atoms with E-state index in [-0.39, 0.29) is 11.9 Å². The molecule has 0 unspecified atom stereocenters. The minimum absolute atomic E-state index is 0.177. The van der Waals surface area contributed by atoms with Crippen LogP contribution >= 0.6 is 11.5 Å². The molecule has 0 radical (unpaired) electrons. The zero-order valence-corrected chi connectivity index (χ0v) is 11.3. The molecule has 0 bridgehead atoms. The highest BCUT2D eigenvalue weighted by molar-refractivity contribution is 7.09. The number of benzene rings is 1. The maximum absolute atomic E-state index is 14.1. The van der Waals surface area contributed by atoms with Crippen molar-refractivity contribution in [3.8, 4) is 16.2 Å². The summed E-state index contributed by atoms with van der Waals surface area (Å²) in [6.45, 7) is 0. The van der Waals surface area contributed by atoms with Crippen molar-refractivity contribution in [1.29, 1.82) is 0 Å². The van der Waals surface area contributed by atoms with E-state index in [0.717, 1.165) is 17.7 Å². The number of anilines is 1. The Morgan fingerprint density at radius 3 is 2.79 bits per heavy atom. The first kappa shape index (κ1) is 12.4. The van der Waals surface area contributed by atoms with Gasteiger partial charge in [-0.2, -0.15) is 0 Å².